The fourth-order valence-corrected chi connectivity index (χ4v) is 3.46. The summed E-state index contributed by atoms with van der Waals surface area (Å²) in [5, 5.41) is 9.50. The molecule has 0 fully saturated rings. The lowest BCUT2D eigenvalue weighted by atomic mass is 10.1. The highest BCUT2D eigenvalue weighted by Crippen LogP contribution is 2.22. The largest absolute Gasteiger partial charge is 0.484 e. The second-order valence-corrected chi connectivity index (χ2v) is 7.16. The van der Waals surface area contributed by atoms with Gasteiger partial charge in [0.25, 0.3) is 5.91 Å². The Morgan fingerprint density at radius 1 is 1.10 bits per heavy atom. The molecule has 0 aliphatic carbocycles. The first-order valence-electron chi connectivity index (χ1n) is 9.72. The van der Waals surface area contributed by atoms with Gasteiger partial charge in [0.15, 0.2) is 6.61 Å². The Hall–Kier alpha value is -3.67. The molecule has 5 nitrogen and oxygen atoms in total. The number of amides is 1. The van der Waals surface area contributed by atoms with E-state index in [1.54, 1.807) is 23.0 Å². The predicted molar refractivity (Wildman–Crippen MR) is 114 cm³/mol. The Morgan fingerprint density at radius 2 is 1.83 bits per heavy atom. The molecule has 0 radical (unpaired) electrons. The van der Waals surface area contributed by atoms with E-state index < -0.39 is 0 Å². The van der Waals surface area contributed by atoms with Crippen LogP contribution in [-0.2, 0) is 4.79 Å². The highest BCUT2D eigenvalue weighted by molar-refractivity contribution is 5.84. The van der Waals surface area contributed by atoms with Gasteiger partial charge >= 0.3 is 0 Å². The number of nitrogens with one attached hydrogen (secondary N) is 1. The van der Waals surface area contributed by atoms with E-state index in [9.17, 15) is 9.18 Å². The van der Waals surface area contributed by atoms with Gasteiger partial charge in [-0.15, -0.1) is 0 Å². The molecule has 1 amide bonds. The van der Waals surface area contributed by atoms with Gasteiger partial charge in [0.2, 0.25) is 0 Å². The number of hydrogen-bond acceptors (Lipinski definition) is 3. The second-order valence-electron chi connectivity index (χ2n) is 7.16. The van der Waals surface area contributed by atoms with Gasteiger partial charge in [-0.2, -0.15) is 5.10 Å². The number of hydrogen-bond donors (Lipinski definition) is 1. The normalized spacial score (nSPS) is 12.0. The molecular formula is C24H22FN3O2. The molecule has 4 aromatic rings. The number of aromatic nitrogens is 2. The molecule has 0 saturated heterocycles. The second kappa shape index (κ2) is 8.37. The quantitative estimate of drug-likeness (QED) is 0.506. The van der Waals surface area contributed by atoms with Crippen molar-refractivity contribution in [1.29, 1.82) is 0 Å². The van der Waals surface area contributed by atoms with Crippen molar-refractivity contribution >= 4 is 16.7 Å². The summed E-state index contributed by atoms with van der Waals surface area (Å²) >= 11 is 0. The van der Waals surface area contributed by atoms with E-state index in [-0.39, 0.29) is 24.4 Å². The minimum atomic E-state index is -0.296. The molecule has 1 unspecified atom stereocenters. The van der Waals surface area contributed by atoms with Crippen LogP contribution in [0.2, 0.25) is 0 Å². The Morgan fingerprint density at radius 3 is 2.60 bits per heavy atom. The fraction of sp³-hybridized carbons (Fsp3) is 0.167. The highest BCUT2D eigenvalue weighted by atomic mass is 19.1. The number of rotatable bonds is 6. The maximum atomic E-state index is 13.2. The minimum absolute atomic E-state index is 0.0756. The average molecular weight is 403 g/mol. The molecule has 1 N–H and O–H groups in total. The molecule has 0 bridgehead atoms. The first kappa shape index (κ1) is 19.6. The van der Waals surface area contributed by atoms with Crippen LogP contribution in [0.4, 0.5) is 4.39 Å². The average Bonchev–Trinajstić information content (AvgIpc) is 3.14. The summed E-state index contributed by atoms with van der Waals surface area (Å²) in [6.45, 7) is 3.74. The molecular weight excluding hydrogens is 381 g/mol. The van der Waals surface area contributed by atoms with Gasteiger partial charge in [-0.3, -0.25) is 4.79 Å². The summed E-state index contributed by atoms with van der Waals surface area (Å²) in [6, 6.07) is 19.6. The van der Waals surface area contributed by atoms with E-state index in [0.717, 1.165) is 27.7 Å². The molecule has 1 atom stereocenters. The molecule has 152 valence electrons. The lowest BCUT2D eigenvalue weighted by molar-refractivity contribution is -0.123. The molecule has 0 saturated carbocycles. The number of ether oxygens (including phenoxy) is 1. The van der Waals surface area contributed by atoms with Crippen LogP contribution >= 0.6 is 0 Å². The summed E-state index contributed by atoms with van der Waals surface area (Å²) < 4.78 is 20.5. The lowest BCUT2D eigenvalue weighted by Gasteiger charge is -2.15. The van der Waals surface area contributed by atoms with Gasteiger partial charge in [-0.1, -0.05) is 30.3 Å². The number of benzene rings is 3. The molecule has 30 heavy (non-hydrogen) atoms. The molecule has 0 aliphatic heterocycles. The van der Waals surface area contributed by atoms with E-state index in [2.05, 4.69) is 10.4 Å². The van der Waals surface area contributed by atoms with Crippen LogP contribution in [0.3, 0.4) is 0 Å². The van der Waals surface area contributed by atoms with Crippen molar-refractivity contribution in [3.63, 3.8) is 0 Å². The van der Waals surface area contributed by atoms with Crippen LogP contribution in [0, 0.1) is 12.7 Å². The van der Waals surface area contributed by atoms with Crippen LogP contribution in [0.1, 0.15) is 24.2 Å². The number of fused-ring (bicyclic) bond motifs is 1. The number of carbonyl (C=O) groups is 1. The minimum Gasteiger partial charge on any atom is -0.484 e. The zero-order valence-electron chi connectivity index (χ0n) is 16.8. The van der Waals surface area contributed by atoms with Crippen molar-refractivity contribution in [3.8, 4) is 11.4 Å². The molecule has 3 aromatic carbocycles. The van der Waals surface area contributed by atoms with Gasteiger partial charge in [0, 0.05) is 11.3 Å². The molecule has 0 spiro atoms. The maximum Gasteiger partial charge on any atom is 0.258 e. The standard InChI is InChI=1S/C24H22FN3O2/c1-16(23-14-26-28(17(23)2)21-10-8-20(25)9-11-21)27-24(29)15-30-22-12-7-18-5-3-4-6-19(18)13-22/h3-14,16H,15H2,1-2H3,(H,27,29). The summed E-state index contributed by atoms with van der Waals surface area (Å²) in [5.74, 6) is 0.136. The van der Waals surface area contributed by atoms with Crippen LogP contribution in [0.5, 0.6) is 5.75 Å². The third-order valence-electron chi connectivity index (χ3n) is 5.05. The molecule has 1 heterocycles. The van der Waals surface area contributed by atoms with Gasteiger partial charge in [0.1, 0.15) is 11.6 Å². The van der Waals surface area contributed by atoms with E-state index in [4.69, 9.17) is 4.74 Å². The summed E-state index contributed by atoms with van der Waals surface area (Å²) in [5.41, 5.74) is 2.53. The van der Waals surface area contributed by atoms with Crippen molar-refractivity contribution in [1.82, 2.24) is 15.1 Å². The van der Waals surface area contributed by atoms with E-state index in [0.29, 0.717) is 5.75 Å². The molecule has 0 aliphatic rings. The number of carbonyl (C=O) groups excluding carboxylic acids is 1. The maximum absolute atomic E-state index is 13.2. The van der Waals surface area contributed by atoms with Crippen LogP contribution in [-0.4, -0.2) is 22.3 Å². The third kappa shape index (κ3) is 4.17. The zero-order valence-corrected chi connectivity index (χ0v) is 16.8. The Kier molecular flexibility index (Phi) is 5.48. The van der Waals surface area contributed by atoms with Crippen molar-refractivity contribution in [2.24, 2.45) is 0 Å². The van der Waals surface area contributed by atoms with Crippen molar-refractivity contribution in [2.45, 2.75) is 19.9 Å². The number of nitrogens with zero attached hydrogens (tertiary/aromatic N) is 2. The van der Waals surface area contributed by atoms with Crippen molar-refractivity contribution < 1.29 is 13.9 Å². The van der Waals surface area contributed by atoms with Crippen LogP contribution < -0.4 is 10.1 Å². The molecule has 4 rings (SSSR count). The molecule has 1 aromatic heterocycles. The molecule has 6 heteroatoms. The lowest BCUT2D eigenvalue weighted by Crippen LogP contribution is -2.31. The monoisotopic (exact) mass is 403 g/mol. The topological polar surface area (TPSA) is 56.1 Å². The third-order valence-corrected chi connectivity index (χ3v) is 5.05. The first-order chi connectivity index (χ1) is 14.5. The summed E-state index contributed by atoms with van der Waals surface area (Å²) in [7, 11) is 0. The smallest absolute Gasteiger partial charge is 0.258 e. The van der Waals surface area contributed by atoms with Gasteiger partial charge in [0.05, 0.1) is 17.9 Å². The van der Waals surface area contributed by atoms with Crippen LogP contribution in [0.15, 0.2) is 72.9 Å². The first-order valence-corrected chi connectivity index (χ1v) is 9.72. The van der Waals surface area contributed by atoms with E-state index in [1.165, 1.54) is 12.1 Å². The Bertz CT molecular complexity index is 1180. The van der Waals surface area contributed by atoms with Gasteiger partial charge < -0.3 is 10.1 Å². The highest BCUT2D eigenvalue weighted by Gasteiger charge is 2.16. The summed E-state index contributed by atoms with van der Waals surface area (Å²) in [6.07, 6.45) is 1.72. The van der Waals surface area contributed by atoms with Crippen LogP contribution in [0.25, 0.3) is 16.5 Å². The SMILES string of the molecule is Cc1c(C(C)NC(=O)COc2ccc3ccccc3c2)cnn1-c1ccc(F)cc1. The predicted octanol–water partition coefficient (Wildman–Crippen LogP) is 4.73. The fourth-order valence-electron chi connectivity index (χ4n) is 3.46. The number of halogens is 1. The van der Waals surface area contributed by atoms with E-state index >= 15 is 0 Å². The van der Waals surface area contributed by atoms with Gasteiger partial charge in [-0.25, -0.2) is 9.07 Å². The summed E-state index contributed by atoms with van der Waals surface area (Å²) in [4.78, 5) is 12.4. The zero-order chi connectivity index (χ0) is 21.1. The Labute approximate surface area is 174 Å². The van der Waals surface area contributed by atoms with Gasteiger partial charge in [-0.05, 0) is 61.0 Å². The van der Waals surface area contributed by atoms with Crippen molar-refractivity contribution in [2.75, 3.05) is 6.61 Å². The van der Waals surface area contributed by atoms with E-state index in [1.807, 2.05) is 56.3 Å². The van der Waals surface area contributed by atoms with Crippen molar-refractivity contribution in [3.05, 3.63) is 90.0 Å². The Balaban J connectivity index is 1.39.